The van der Waals surface area contributed by atoms with Gasteiger partial charge in [0.25, 0.3) is 0 Å². The van der Waals surface area contributed by atoms with E-state index in [2.05, 4.69) is 40.0 Å². The first-order chi connectivity index (χ1) is 7.89. The number of thioether (sulfide) groups is 1. The molecule has 0 amide bonds. The van der Waals surface area contributed by atoms with Gasteiger partial charge in [0.2, 0.25) is 0 Å². The highest BCUT2D eigenvalue weighted by atomic mass is 32.2. The predicted octanol–water partition coefficient (Wildman–Crippen LogP) is 4.05. The molecule has 17 heavy (non-hydrogen) atoms. The first-order valence-electron chi connectivity index (χ1n) is 6.53. The van der Waals surface area contributed by atoms with Crippen LogP contribution >= 0.6 is 11.8 Å². The van der Waals surface area contributed by atoms with Gasteiger partial charge >= 0.3 is 7.12 Å². The van der Waals surface area contributed by atoms with E-state index in [4.69, 9.17) is 9.31 Å². The Morgan fingerprint density at radius 1 is 1.06 bits per heavy atom. The van der Waals surface area contributed by atoms with E-state index >= 15 is 0 Å². The Morgan fingerprint density at radius 3 is 2.18 bits per heavy atom. The van der Waals surface area contributed by atoms with Crippen molar-refractivity contribution >= 4 is 18.9 Å². The summed E-state index contributed by atoms with van der Waals surface area (Å²) in [6.45, 7) is 10.5. The van der Waals surface area contributed by atoms with Crippen LogP contribution in [0.1, 0.15) is 53.9 Å². The van der Waals surface area contributed by atoms with Gasteiger partial charge in [-0.2, -0.15) is 0 Å². The van der Waals surface area contributed by atoms with Crippen LogP contribution in [-0.4, -0.2) is 24.1 Å². The fourth-order valence-corrected chi connectivity index (χ4v) is 2.34. The van der Waals surface area contributed by atoms with E-state index in [9.17, 15) is 0 Å². The summed E-state index contributed by atoms with van der Waals surface area (Å²) in [4.78, 5) is 0. The fraction of sp³-hybridized carbons (Fsp3) is 0.846. The average Bonchev–Trinajstić information content (AvgIpc) is 2.41. The second-order valence-electron chi connectivity index (χ2n) is 5.53. The van der Waals surface area contributed by atoms with E-state index < -0.39 is 0 Å². The van der Waals surface area contributed by atoms with Crippen LogP contribution in [0.5, 0.6) is 0 Å². The quantitative estimate of drug-likeness (QED) is 0.527. The van der Waals surface area contributed by atoms with Crippen molar-refractivity contribution < 1.29 is 9.31 Å². The molecule has 1 rings (SSSR count). The van der Waals surface area contributed by atoms with Crippen molar-refractivity contribution in [2.24, 2.45) is 0 Å². The van der Waals surface area contributed by atoms with Gasteiger partial charge in [-0.3, -0.25) is 0 Å². The topological polar surface area (TPSA) is 18.5 Å². The lowest BCUT2D eigenvalue weighted by molar-refractivity contribution is 0.00578. The Bertz CT molecular complexity index is 248. The normalized spacial score (nSPS) is 22.5. The van der Waals surface area contributed by atoms with Crippen LogP contribution in [0.15, 0.2) is 11.4 Å². The summed E-state index contributed by atoms with van der Waals surface area (Å²) in [5.74, 6) is 3.21. The lowest BCUT2D eigenvalue weighted by Crippen LogP contribution is -2.41. The molecule has 0 aromatic rings. The Hall–Kier alpha value is 0.0749. The second kappa shape index (κ2) is 6.30. The summed E-state index contributed by atoms with van der Waals surface area (Å²) in [6, 6.07) is 0. The van der Waals surface area contributed by atoms with Crippen molar-refractivity contribution in [3.63, 3.8) is 0 Å². The summed E-state index contributed by atoms with van der Waals surface area (Å²) in [5.41, 5.74) is -0.455. The van der Waals surface area contributed by atoms with Crippen molar-refractivity contribution in [2.75, 3.05) is 5.75 Å². The minimum Gasteiger partial charge on any atom is -0.400 e. The van der Waals surface area contributed by atoms with Crippen LogP contribution in [0, 0.1) is 0 Å². The molecule has 1 aliphatic rings. The third-order valence-corrected chi connectivity index (χ3v) is 4.34. The van der Waals surface area contributed by atoms with Gasteiger partial charge in [-0.1, -0.05) is 19.8 Å². The fourth-order valence-electron chi connectivity index (χ4n) is 1.59. The smallest absolute Gasteiger partial charge is 0.400 e. The van der Waals surface area contributed by atoms with Gasteiger partial charge in [-0.25, -0.2) is 0 Å². The molecule has 0 unspecified atom stereocenters. The van der Waals surface area contributed by atoms with Crippen molar-refractivity contribution in [1.29, 1.82) is 0 Å². The van der Waals surface area contributed by atoms with E-state index in [1.54, 1.807) is 0 Å². The third kappa shape index (κ3) is 4.34. The maximum absolute atomic E-state index is 5.87. The minimum atomic E-state index is -0.227. The average molecular weight is 256 g/mol. The molecule has 0 spiro atoms. The van der Waals surface area contributed by atoms with Crippen molar-refractivity contribution in [1.82, 2.24) is 0 Å². The Kier molecular flexibility index (Phi) is 5.61. The highest BCUT2D eigenvalue weighted by Crippen LogP contribution is 2.37. The maximum atomic E-state index is 5.87. The van der Waals surface area contributed by atoms with Gasteiger partial charge in [0, 0.05) is 0 Å². The molecule has 0 N–H and O–H groups in total. The van der Waals surface area contributed by atoms with Gasteiger partial charge in [-0.15, -0.1) is 11.8 Å². The van der Waals surface area contributed by atoms with Gasteiger partial charge in [0.05, 0.1) is 11.2 Å². The molecule has 1 saturated heterocycles. The molecule has 0 aliphatic carbocycles. The van der Waals surface area contributed by atoms with E-state index in [-0.39, 0.29) is 18.3 Å². The number of unbranched alkanes of at least 4 members (excludes halogenated alkanes) is 2. The number of rotatable bonds is 6. The Morgan fingerprint density at radius 2 is 1.65 bits per heavy atom. The van der Waals surface area contributed by atoms with Gasteiger partial charge in [-0.05, 0) is 51.3 Å². The molecule has 0 aromatic carbocycles. The van der Waals surface area contributed by atoms with Gasteiger partial charge in [0.1, 0.15) is 0 Å². The molecule has 2 nitrogen and oxygen atoms in total. The second-order valence-corrected chi connectivity index (χ2v) is 6.54. The number of hydrogen-bond donors (Lipinski definition) is 0. The Balaban J connectivity index is 2.28. The summed E-state index contributed by atoms with van der Waals surface area (Å²) in [7, 11) is -0.196. The summed E-state index contributed by atoms with van der Waals surface area (Å²) in [5, 5.41) is 2.11. The lowest BCUT2D eigenvalue weighted by atomic mass is 9.90. The molecule has 0 bridgehead atoms. The molecule has 0 atom stereocenters. The molecule has 4 heteroatoms. The standard InChI is InChI=1S/C13H25BO2S/c1-6-7-8-10-17-11-9-14-15-12(2,3)13(4,5)16-14/h9,11H,6-8,10H2,1-5H3/b11-9+. The maximum Gasteiger partial charge on any atom is 0.487 e. The zero-order valence-electron chi connectivity index (χ0n) is 11.8. The van der Waals surface area contributed by atoms with Crippen LogP contribution < -0.4 is 0 Å². The molecule has 1 fully saturated rings. The summed E-state index contributed by atoms with van der Waals surface area (Å²) in [6.07, 6.45) is 3.88. The van der Waals surface area contributed by atoms with Crippen LogP contribution in [0.2, 0.25) is 0 Å². The van der Waals surface area contributed by atoms with Crippen LogP contribution in [0.3, 0.4) is 0 Å². The molecular weight excluding hydrogens is 231 g/mol. The first-order valence-corrected chi connectivity index (χ1v) is 7.58. The van der Waals surface area contributed by atoms with Gasteiger partial charge in [0.15, 0.2) is 0 Å². The highest BCUT2D eigenvalue weighted by Gasteiger charge is 2.49. The van der Waals surface area contributed by atoms with E-state index in [0.29, 0.717) is 0 Å². The van der Waals surface area contributed by atoms with Crippen LogP contribution in [0.25, 0.3) is 0 Å². The minimum absolute atomic E-state index is 0.196. The van der Waals surface area contributed by atoms with E-state index in [0.717, 1.165) is 0 Å². The molecule has 0 radical (unpaired) electrons. The molecular formula is C13H25BO2S. The Labute approximate surface area is 111 Å². The summed E-state index contributed by atoms with van der Waals surface area (Å²) >= 11 is 1.84. The van der Waals surface area contributed by atoms with Crippen molar-refractivity contribution in [3.8, 4) is 0 Å². The molecule has 1 aliphatic heterocycles. The zero-order valence-corrected chi connectivity index (χ0v) is 12.6. The molecule has 98 valence electrons. The number of hydrogen-bond acceptors (Lipinski definition) is 3. The van der Waals surface area contributed by atoms with Crippen LogP contribution in [-0.2, 0) is 9.31 Å². The monoisotopic (exact) mass is 256 g/mol. The van der Waals surface area contributed by atoms with E-state index in [1.807, 2.05) is 17.7 Å². The molecule has 1 heterocycles. The summed E-state index contributed by atoms with van der Waals surface area (Å²) < 4.78 is 11.7. The largest absolute Gasteiger partial charge is 0.487 e. The zero-order chi connectivity index (χ0) is 12.9. The molecule has 0 saturated carbocycles. The third-order valence-electron chi connectivity index (χ3n) is 3.47. The van der Waals surface area contributed by atoms with Gasteiger partial charge < -0.3 is 9.31 Å². The van der Waals surface area contributed by atoms with Crippen molar-refractivity contribution in [3.05, 3.63) is 11.4 Å². The predicted molar refractivity (Wildman–Crippen MR) is 77.2 cm³/mol. The van der Waals surface area contributed by atoms with Crippen molar-refractivity contribution in [2.45, 2.75) is 65.1 Å². The lowest BCUT2D eigenvalue weighted by Gasteiger charge is -2.32. The SMILES string of the molecule is CCCCCS/C=C/B1OC(C)(C)C(C)(C)O1. The molecule has 0 aromatic heterocycles. The first kappa shape index (κ1) is 15.1. The van der Waals surface area contributed by atoms with E-state index in [1.165, 1.54) is 25.0 Å². The van der Waals surface area contributed by atoms with Crippen LogP contribution in [0.4, 0.5) is 0 Å². The highest BCUT2D eigenvalue weighted by molar-refractivity contribution is 8.02.